The Kier molecular flexibility index (Phi) is 2.45. The highest BCUT2D eigenvalue weighted by Gasteiger charge is 2.15. The van der Waals surface area contributed by atoms with Crippen molar-refractivity contribution in [2.24, 2.45) is 0 Å². The molecule has 0 aliphatic rings. The van der Waals surface area contributed by atoms with Gasteiger partial charge < -0.3 is 10.8 Å². The minimum atomic E-state index is -4.39. The zero-order valence-electron chi connectivity index (χ0n) is 6.84. The maximum atomic E-state index is 10.7. The van der Waals surface area contributed by atoms with Gasteiger partial charge in [-0.1, -0.05) is 0 Å². The second kappa shape index (κ2) is 3.28. The number of aromatic carboxylic acids is 1. The van der Waals surface area contributed by atoms with Gasteiger partial charge in [0, 0.05) is 0 Å². The van der Waals surface area contributed by atoms with Gasteiger partial charge >= 0.3 is 5.97 Å². The summed E-state index contributed by atoms with van der Waals surface area (Å²) in [5.74, 6) is -1.22. The molecule has 0 amide bonds. The third-order valence-electron chi connectivity index (χ3n) is 1.53. The normalized spacial score (nSPS) is 11.2. The van der Waals surface area contributed by atoms with Gasteiger partial charge in [-0.25, -0.2) is 4.79 Å². The van der Waals surface area contributed by atoms with E-state index in [9.17, 15) is 13.2 Å². The van der Waals surface area contributed by atoms with E-state index < -0.39 is 21.0 Å². The van der Waals surface area contributed by atoms with Crippen LogP contribution in [-0.2, 0) is 10.1 Å². The Morgan fingerprint density at radius 2 is 1.93 bits per heavy atom. The van der Waals surface area contributed by atoms with Crippen LogP contribution in [0.2, 0.25) is 0 Å². The van der Waals surface area contributed by atoms with Crippen molar-refractivity contribution in [1.29, 1.82) is 0 Å². The van der Waals surface area contributed by atoms with Crippen molar-refractivity contribution in [2.75, 3.05) is 5.73 Å². The molecule has 0 atom stereocenters. The van der Waals surface area contributed by atoms with E-state index in [1.165, 1.54) is 0 Å². The fraction of sp³-hybridized carbons (Fsp3) is 0. The van der Waals surface area contributed by atoms with Gasteiger partial charge in [-0.05, 0) is 18.2 Å². The van der Waals surface area contributed by atoms with Crippen LogP contribution in [0.5, 0.6) is 0 Å². The molecule has 76 valence electrons. The lowest BCUT2D eigenvalue weighted by molar-refractivity contribution is 0.0697. The van der Waals surface area contributed by atoms with Crippen LogP contribution in [0.3, 0.4) is 0 Å². The summed E-state index contributed by atoms with van der Waals surface area (Å²) < 4.78 is 30.0. The highest BCUT2D eigenvalue weighted by molar-refractivity contribution is 7.86. The summed E-state index contributed by atoms with van der Waals surface area (Å²) in [6.07, 6.45) is 0. The van der Waals surface area contributed by atoms with Crippen molar-refractivity contribution in [3.63, 3.8) is 0 Å². The molecule has 4 N–H and O–H groups in total. The van der Waals surface area contributed by atoms with Crippen LogP contribution in [-0.4, -0.2) is 24.0 Å². The summed E-state index contributed by atoms with van der Waals surface area (Å²) in [4.78, 5) is 9.95. The van der Waals surface area contributed by atoms with Crippen molar-refractivity contribution >= 4 is 21.8 Å². The second-order valence-corrected chi connectivity index (χ2v) is 3.92. The lowest BCUT2D eigenvalue weighted by Gasteiger charge is -2.02. The van der Waals surface area contributed by atoms with Crippen LogP contribution in [0.4, 0.5) is 5.69 Å². The molecule has 1 rings (SSSR count). The molecule has 1 aromatic carbocycles. The quantitative estimate of drug-likeness (QED) is 0.481. The number of carboxylic acids is 1. The van der Waals surface area contributed by atoms with Crippen LogP contribution in [0, 0.1) is 0 Å². The Morgan fingerprint density at radius 1 is 1.36 bits per heavy atom. The van der Waals surface area contributed by atoms with Gasteiger partial charge in [-0.2, -0.15) is 8.42 Å². The maximum absolute atomic E-state index is 10.7. The van der Waals surface area contributed by atoms with Crippen LogP contribution >= 0.6 is 0 Å². The molecule has 0 heterocycles. The molecule has 1 aromatic rings. The zero-order valence-corrected chi connectivity index (χ0v) is 7.65. The largest absolute Gasteiger partial charge is 0.478 e. The minimum Gasteiger partial charge on any atom is -0.478 e. The number of hydrogen-bond acceptors (Lipinski definition) is 4. The number of benzene rings is 1. The monoisotopic (exact) mass is 217 g/mol. The van der Waals surface area contributed by atoms with E-state index >= 15 is 0 Å². The van der Waals surface area contributed by atoms with Crippen molar-refractivity contribution in [1.82, 2.24) is 0 Å². The molecule has 6 nitrogen and oxygen atoms in total. The number of carbonyl (C=O) groups is 1. The van der Waals surface area contributed by atoms with Crippen LogP contribution < -0.4 is 5.73 Å². The number of anilines is 1. The smallest absolute Gasteiger partial charge is 0.335 e. The molecule has 0 aliphatic heterocycles. The zero-order chi connectivity index (χ0) is 10.9. The first-order valence-electron chi connectivity index (χ1n) is 3.42. The Labute approximate surface area is 79.7 Å². The predicted octanol–water partition coefficient (Wildman–Crippen LogP) is 0.214. The van der Waals surface area contributed by atoms with Crippen molar-refractivity contribution in [3.05, 3.63) is 23.8 Å². The van der Waals surface area contributed by atoms with E-state index in [1.807, 2.05) is 0 Å². The summed E-state index contributed by atoms with van der Waals surface area (Å²) in [7, 11) is -4.39. The van der Waals surface area contributed by atoms with Crippen LogP contribution in [0.25, 0.3) is 0 Å². The van der Waals surface area contributed by atoms with Crippen LogP contribution in [0.1, 0.15) is 10.4 Å². The molecule has 7 heteroatoms. The predicted molar refractivity (Wildman–Crippen MR) is 47.6 cm³/mol. The van der Waals surface area contributed by atoms with Crippen molar-refractivity contribution in [2.45, 2.75) is 4.90 Å². The fourth-order valence-electron chi connectivity index (χ4n) is 0.916. The highest BCUT2D eigenvalue weighted by atomic mass is 32.2. The molecule has 0 saturated carbocycles. The molecule has 0 spiro atoms. The molecule has 0 fully saturated rings. The highest BCUT2D eigenvalue weighted by Crippen LogP contribution is 2.19. The number of hydrogen-bond donors (Lipinski definition) is 3. The third kappa shape index (κ3) is 2.01. The summed E-state index contributed by atoms with van der Waals surface area (Å²) in [5, 5.41) is 8.54. The Hall–Kier alpha value is -1.60. The topological polar surface area (TPSA) is 118 Å². The number of rotatable bonds is 2. The molecule has 0 aliphatic carbocycles. The van der Waals surface area contributed by atoms with Gasteiger partial charge in [0.1, 0.15) is 4.90 Å². The number of nitrogens with two attached hydrogens (primary N) is 1. The first-order valence-corrected chi connectivity index (χ1v) is 4.86. The lowest BCUT2D eigenvalue weighted by atomic mass is 10.2. The van der Waals surface area contributed by atoms with Gasteiger partial charge in [-0.3, -0.25) is 4.55 Å². The van der Waals surface area contributed by atoms with Gasteiger partial charge in [0.25, 0.3) is 10.1 Å². The summed E-state index contributed by atoms with van der Waals surface area (Å²) in [5.41, 5.74) is 4.80. The second-order valence-electron chi connectivity index (χ2n) is 2.53. The number of nitrogen functional groups attached to an aromatic ring is 1. The molecular formula is C7H7NO5S. The van der Waals surface area contributed by atoms with E-state index in [0.717, 1.165) is 18.2 Å². The van der Waals surface area contributed by atoms with E-state index in [4.69, 9.17) is 15.4 Å². The Morgan fingerprint density at radius 3 is 2.29 bits per heavy atom. The molecule has 0 bridgehead atoms. The average molecular weight is 217 g/mol. The first-order chi connectivity index (χ1) is 6.32. The fourth-order valence-corrected chi connectivity index (χ4v) is 1.51. The molecular weight excluding hydrogens is 210 g/mol. The van der Waals surface area contributed by atoms with Gasteiger partial charge in [0.15, 0.2) is 0 Å². The molecule has 14 heavy (non-hydrogen) atoms. The Bertz CT molecular complexity index is 479. The lowest BCUT2D eigenvalue weighted by Crippen LogP contribution is -2.05. The van der Waals surface area contributed by atoms with Crippen molar-refractivity contribution < 1.29 is 22.9 Å². The molecule has 0 radical (unpaired) electrons. The standard InChI is InChI=1S/C7H7NO5S/c8-5-3-4(7(9)10)1-2-6(5)14(11,12)13/h1-3H,8H2,(H,9,10)(H,11,12,13). The molecule has 0 unspecified atom stereocenters. The minimum absolute atomic E-state index is 0.144. The van der Waals surface area contributed by atoms with Gasteiger partial charge in [0.05, 0.1) is 11.3 Å². The van der Waals surface area contributed by atoms with E-state index in [0.29, 0.717) is 0 Å². The maximum Gasteiger partial charge on any atom is 0.335 e. The SMILES string of the molecule is Nc1cc(C(=O)O)ccc1S(=O)(=O)O. The summed E-state index contributed by atoms with van der Waals surface area (Å²) in [6.45, 7) is 0. The Balaban J connectivity index is 3.35. The summed E-state index contributed by atoms with van der Waals surface area (Å²) >= 11 is 0. The van der Waals surface area contributed by atoms with Crippen LogP contribution in [0.15, 0.2) is 23.1 Å². The van der Waals surface area contributed by atoms with E-state index in [2.05, 4.69) is 0 Å². The van der Waals surface area contributed by atoms with E-state index in [-0.39, 0.29) is 11.3 Å². The van der Waals surface area contributed by atoms with Crippen molar-refractivity contribution in [3.8, 4) is 0 Å². The van der Waals surface area contributed by atoms with Gasteiger partial charge in [-0.15, -0.1) is 0 Å². The average Bonchev–Trinajstić information content (AvgIpc) is 2.01. The molecule has 0 aromatic heterocycles. The number of carboxylic acid groups (broad SMARTS) is 1. The van der Waals surface area contributed by atoms with E-state index in [1.54, 1.807) is 0 Å². The van der Waals surface area contributed by atoms with Gasteiger partial charge in [0.2, 0.25) is 0 Å². The third-order valence-corrected chi connectivity index (χ3v) is 2.46. The summed E-state index contributed by atoms with van der Waals surface area (Å²) in [6, 6.07) is 2.95. The first kappa shape index (κ1) is 10.5. The molecule has 0 saturated heterocycles.